The van der Waals surface area contributed by atoms with Gasteiger partial charge in [0, 0.05) is 39.4 Å². The second-order valence-corrected chi connectivity index (χ2v) is 11.6. The highest BCUT2D eigenvalue weighted by molar-refractivity contribution is 5.94. The fourth-order valence-corrected chi connectivity index (χ4v) is 7.11. The Kier molecular flexibility index (Phi) is 5.36. The summed E-state index contributed by atoms with van der Waals surface area (Å²) in [4.78, 5) is 4.99. The van der Waals surface area contributed by atoms with E-state index in [-0.39, 0.29) is 6.04 Å². The normalized spacial score (nSPS) is 22.5. The van der Waals surface area contributed by atoms with Gasteiger partial charge in [-0.05, 0) is 73.4 Å². The lowest BCUT2D eigenvalue weighted by molar-refractivity contribution is 0.390. The van der Waals surface area contributed by atoms with Crippen LogP contribution in [0.4, 0.5) is 17.1 Å². The van der Waals surface area contributed by atoms with Crippen LogP contribution < -0.4 is 9.80 Å². The number of hydrogen-bond donors (Lipinski definition) is 0. The Morgan fingerprint density at radius 3 is 2.32 bits per heavy atom. The Balaban J connectivity index is 1.46. The number of allylic oxidation sites excluding steroid dienone is 3. The summed E-state index contributed by atoms with van der Waals surface area (Å²) >= 11 is 0. The van der Waals surface area contributed by atoms with E-state index in [1.807, 2.05) is 0 Å². The molecule has 3 heteroatoms. The highest BCUT2D eigenvalue weighted by atomic mass is 16.3. The Labute approximate surface area is 241 Å². The molecule has 0 bridgehead atoms. The van der Waals surface area contributed by atoms with Crippen LogP contribution in [0, 0.1) is 5.92 Å². The van der Waals surface area contributed by atoms with Gasteiger partial charge < -0.3 is 14.2 Å². The zero-order valence-corrected chi connectivity index (χ0v) is 23.4. The van der Waals surface area contributed by atoms with Crippen molar-refractivity contribution in [1.82, 2.24) is 0 Å². The summed E-state index contributed by atoms with van der Waals surface area (Å²) in [5, 5.41) is 1.15. The van der Waals surface area contributed by atoms with E-state index in [0.29, 0.717) is 5.92 Å². The SMILES string of the molecule is CC1C=CC(N(C2=Cc3c(oc4ccccc34)C3N(c4ccccc4)c4ccccc4C23C)c2ccccc2)=CC1. The van der Waals surface area contributed by atoms with Gasteiger partial charge in [-0.15, -0.1) is 0 Å². The van der Waals surface area contributed by atoms with E-state index in [1.54, 1.807) is 0 Å². The summed E-state index contributed by atoms with van der Waals surface area (Å²) in [6.07, 6.45) is 10.5. The number of rotatable bonds is 4. The van der Waals surface area contributed by atoms with Gasteiger partial charge in [0.2, 0.25) is 0 Å². The summed E-state index contributed by atoms with van der Waals surface area (Å²) < 4.78 is 6.81. The van der Waals surface area contributed by atoms with Gasteiger partial charge in [0.1, 0.15) is 17.4 Å². The van der Waals surface area contributed by atoms with Gasteiger partial charge in [-0.25, -0.2) is 0 Å². The van der Waals surface area contributed by atoms with Crippen LogP contribution >= 0.6 is 0 Å². The monoisotopic (exact) mass is 532 g/mol. The topological polar surface area (TPSA) is 19.6 Å². The van der Waals surface area contributed by atoms with Crippen LogP contribution in [0.3, 0.4) is 0 Å². The lowest BCUT2D eigenvalue weighted by Gasteiger charge is -2.45. The molecule has 0 saturated carbocycles. The van der Waals surface area contributed by atoms with Crippen LogP contribution in [-0.2, 0) is 5.41 Å². The van der Waals surface area contributed by atoms with E-state index in [2.05, 4.69) is 157 Å². The second kappa shape index (κ2) is 9.14. The molecular formula is C38H32N2O. The Bertz CT molecular complexity index is 1860. The van der Waals surface area contributed by atoms with Gasteiger partial charge in [-0.3, -0.25) is 0 Å². The van der Waals surface area contributed by atoms with Crippen LogP contribution in [0.2, 0.25) is 0 Å². The molecule has 3 nitrogen and oxygen atoms in total. The number of anilines is 3. The maximum Gasteiger partial charge on any atom is 0.136 e. The quantitative estimate of drug-likeness (QED) is 0.230. The molecule has 3 aliphatic rings. The standard InChI is InChI=1S/C38H32N2O/c1-26-21-23-29(24-22-26)39(27-13-5-3-6-14-27)35-25-31-30-17-9-12-20-34(30)41-36(31)37-38(35,2)32-18-10-11-19-33(32)40(37)28-15-7-4-8-16-28/h3-21,23-26,37H,22H2,1-2H3. The maximum atomic E-state index is 6.81. The highest BCUT2D eigenvalue weighted by Gasteiger charge is 2.57. The largest absolute Gasteiger partial charge is 0.458 e. The Morgan fingerprint density at radius 2 is 1.54 bits per heavy atom. The van der Waals surface area contributed by atoms with Crippen LogP contribution in [0.1, 0.15) is 43.2 Å². The molecule has 0 radical (unpaired) electrons. The molecule has 1 aromatic heterocycles. The van der Waals surface area contributed by atoms with Gasteiger partial charge in [-0.1, -0.05) is 91.9 Å². The molecule has 3 unspecified atom stereocenters. The van der Waals surface area contributed by atoms with E-state index >= 15 is 0 Å². The van der Waals surface area contributed by atoms with Crippen LogP contribution in [0.25, 0.3) is 17.0 Å². The van der Waals surface area contributed by atoms with E-state index in [9.17, 15) is 0 Å². The van der Waals surface area contributed by atoms with Crippen molar-refractivity contribution in [2.75, 3.05) is 9.80 Å². The van der Waals surface area contributed by atoms with Gasteiger partial charge in [0.05, 0.1) is 5.41 Å². The third-order valence-electron chi connectivity index (χ3n) is 9.09. The van der Waals surface area contributed by atoms with Crippen LogP contribution in [0.5, 0.6) is 0 Å². The van der Waals surface area contributed by atoms with Crippen molar-refractivity contribution in [2.24, 2.45) is 5.92 Å². The minimum absolute atomic E-state index is 0.0667. The fraction of sp³-hybridized carbons (Fsp3) is 0.158. The first-order valence-electron chi connectivity index (χ1n) is 14.6. The number of furan rings is 1. The summed E-state index contributed by atoms with van der Waals surface area (Å²) in [5.74, 6) is 1.55. The number of fused-ring (bicyclic) bond motifs is 7. The Hall–Kier alpha value is -4.76. The summed E-state index contributed by atoms with van der Waals surface area (Å²) in [6.45, 7) is 4.69. The molecule has 2 aliphatic carbocycles. The smallest absolute Gasteiger partial charge is 0.136 e. The first-order chi connectivity index (χ1) is 20.1. The first kappa shape index (κ1) is 24.1. The van der Waals surface area contributed by atoms with Crippen molar-refractivity contribution in [3.05, 3.63) is 156 Å². The number of nitrogens with zero attached hydrogens (tertiary/aromatic N) is 2. The average Bonchev–Trinajstić information content (AvgIpc) is 3.52. The summed E-state index contributed by atoms with van der Waals surface area (Å²) in [5.41, 5.74) is 9.02. The van der Waals surface area contributed by atoms with Gasteiger partial charge in [0.25, 0.3) is 0 Å². The highest BCUT2D eigenvalue weighted by Crippen LogP contribution is 2.63. The number of hydrogen-bond acceptors (Lipinski definition) is 3. The van der Waals surface area contributed by atoms with Gasteiger partial charge >= 0.3 is 0 Å². The first-order valence-corrected chi connectivity index (χ1v) is 14.6. The Morgan fingerprint density at radius 1 is 0.829 bits per heavy atom. The van der Waals surface area contributed by atoms with Crippen LogP contribution in [-0.4, -0.2) is 0 Å². The molecule has 3 atom stereocenters. The summed E-state index contributed by atoms with van der Waals surface area (Å²) in [6, 6.07) is 38.9. The third-order valence-corrected chi connectivity index (χ3v) is 9.09. The zero-order chi connectivity index (χ0) is 27.6. The molecule has 41 heavy (non-hydrogen) atoms. The lowest BCUT2D eigenvalue weighted by atomic mass is 9.69. The molecule has 0 fully saturated rings. The molecular weight excluding hydrogens is 500 g/mol. The molecule has 0 saturated heterocycles. The average molecular weight is 533 g/mol. The predicted octanol–water partition coefficient (Wildman–Crippen LogP) is 9.92. The molecule has 0 N–H and O–H groups in total. The minimum Gasteiger partial charge on any atom is -0.458 e. The van der Waals surface area contributed by atoms with E-state index in [0.717, 1.165) is 34.5 Å². The molecule has 200 valence electrons. The molecule has 0 amide bonds. The molecule has 0 spiro atoms. The third kappa shape index (κ3) is 3.52. The van der Waals surface area contributed by atoms with E-state index < -0.39 is 5.41 Å². The van der Waals surface area contributed by atoms with Crippen molar-refractivity contribution in [3.8, 4) is 0 Å². The minimum atomic E-state index is -0.402. The van der Waals surface area contributed by atoms with Crippen LogP contribution in [0.15, 0.2) is 143 Å². The maximum absolute atomic E-state index is 6.81. The van der Waals surface area contributed by atoms with Crippen molar-refractivity contribution in [3.63, 3.8) is 0 Å². The molecule has 8 rings (SSSR count). The van der Waals surface area contributed by atoms with E-state index in [4.69, 9.17) is 4.42 Å². The lowest BCUT2D eigenvalue weighted by Crippen LogP contribution is -2.43. The molecule has 4 aromatic carbocycles. The van der Waals surface area contributed by atoms with Crippen molar-refractivity contribution in [2.45, 2.75) is 31.7 Å². The van der Waals surface area contributed by atoms with Gasteiger partial charge in [0.15, 0.2) is 0 Å². The fourth-order valence-electron chi connectivity index (χ4n) is 7.11. The number of benzene rings is 4. The molecule has 1 aliphatic heterocycles. The van der Waals surface area contributed by atoms with E-state index in [1.165, 1.54) is 28.2 Å². The van der Waals surface area contributed by atoms with Crippen molar-refractivity contribution >= 4 is 34.1 Å². The predicted molar refractivity (Wildman–Crippen MR) is 169 cm³/mol. The van der Waals surface area contributed by atoms with Crippen molar-refractivity contribution in [1.29, 1.82) is 0 Å². The van der Waals surface area contributed by atoms with Gasteiger partial charge in [-0.2, -0.15) is 0 Å². The zero-order valence-electron chi connectivity index (χ0n) is 23.4. The molecule has 5 aromatic rings. The number of para-hydroxylation sites is 4. The van der Waals surface area contributed by atoms with Crippen molar-refractivity contribution < 1.29 is 4.42 Å². The molecule has 2 heterocycles. The summed E-state index contributed by atoms with van der Waals surface area (Å²) in [7, 11) is 0. The second-order valence-electron chi connectivity index (χ2n) is 11.6.